The number of ether oxygens (including phenoxy) is 2. The third-order valence-corrected chi connectivity index (χ3v) is 5.71. The van der Waals surface area contributed by atoms with Crippen LogP contribution in [0.5, 0.6) is 5.75 Å². The standard InChI is InChI=1S/C27H31FO4/c28-23-13-15-24(16-14-23)32-19-18-31-20-26-22(10-4-1-2-7-11-27(29)30)12-17-25(26)21-8-5-3-6-9-21/h1,3-6,8-9,12-16,25-26H,2,7,10-11,17-20H2,(H,29,30)/b4-1-/t25?,26-/m0/s1. The van der Waals surface area contributed by atoms with Gasteiger partial charge in [-0.05, 0) is 61.4 Å². The van der Waals surface area contributed by atoms with Crippen LogP contribution in [-0.4, -0.2) is 30.9 Å². The molecule has 32 heavy (non-hydrogen) atoms. The largest absolute Gasteiger partial charge is 0.491 e. The second-order valence-electron chi connectivity index (χ2n) is 7.98. The van der Waals surface area contributed by atoms with Crippen LogP contribution >= 0.6 is 0 Å². The van der Waals surface area contributed by atoms with E-state index in [1.807, 2.05) is 6.07 Å². The molecule has 2 aromatic rings. The number of hydrogen-bond acceptors (Lipinski definition) is 3. The first-order valence-electron chi connectivity index (χ1n) is 11.2. The molecule has 3 rings (SSSR count). The quantitative estimate of drug-likeness (QED) is 0.301. The van der Waals surface area contributed by atoms with Crippen molar-refractivity contribution in [3.63, 3.8) is 0 Å². The molecule has 0 saturated carbocycles. The number of hydrogen-bond donors (Lipinski definition) is 1. The van der Waals surface area contributed by atoms with E-state index < -0.39 is 5.97 Å². The minimum absolute atomic E-state index is 0.208. The van der Waals surface area contributed by atoms with Gasteiger partial charge >= 0.3 is 5.97 Å². The van der Waals surface area contributed by atoms with Crippen LogP contribution in [-0.2, 0) is 9.53 Å². The van der Waals surface area contributed by atoms with E-state index in [0.29, 0.717) is 43.8 Å². The Kier molecular flexibility index (Phi) is 9.51. The summed E-state index contributed by atoms with van der Waals surface area (Å²) < 4.78 is 24.6. The first-order valence-corrected chi connectivity index (χ1v) is 11.2. The molecule has 4 nitrogen and oxygen atoms in total. The van der Waals surface area contributed by atoms with Crippen LogP contribution in [0.3, 0.4) is 0 Å². The van der Waals surface area contributed by atoms with E-state index in [0.717, 1.165) is 19.3 Å². The van der Waals surface area contributed by atoms with Crippen LogP contribution in [0.4, 0.5) is 4.39 Å². The topological polar surface area (TPSA) is 55.8 Å². The number of rotatable bonds is 13. The lowest BCUT2D eigenvalue weighted by molar-refractivity contribution is -0.137. The fourth-order valence-corrected chi connectivity index (χ4v) is 4.05. The predicted octanol–water partition coefficient (Wildman–Crippen LogP) is 6.15. The number of halogens is 1. The van der Waals surface area contributed by atoms with E-state index in [4.69, 9.17) is 14.6 Å². The minimum atomic E-state index is -0.747. The van der Waals surface area contributed by atoms with Gasteiger partial charge in [-0.1, -0.05) is 54.1 Å². The van der Waals surface area contributed by atoms with Crippen molar-refractivity contribution in [1.82, 2.24) is 0 Å². The normalized spacial score (nSPS) is 18.1. The zero-order valence-electron chi connectivity index (χ0n) is 18.3. The Morgan fingerprint density at radius 2 is 1.84 bits per heavy atom. The molecule has 2 aromatic carbocycles. The lowest BCUT2D eigenvalue weighted by Gasteiger charge is -2.23. The molecule has 1 unspecified atom stereocenters. The summed E-state index contributed by atoms with van der Waals surface area (Å²) in [5.74, 6) is 0.295. The average molecular weight is 439 g/mol. The van der Waals surface area contributed by atoms with E-state index in [9.17, 15) is 9.18 Å². The van der Waals surface area contributed by atoms with Crippen LogP contribution in [0.25, 0.3) is 0 Å². The van der Waals surface area contributed by atoms with Crippen molar-refractivity contribution in [3.05, 3.63) is 89.8 Å². The molecule has 0 radical (unpaired) electrons. The fourth-order valence-electron chi connectivity index (χ4n) is 4.05. The third kappa shape index (κ3) is 7.65. The maximum absolute atomic E-state index is 13.0. The van der Waals surface area contributed by atoms with Crippen molar-refractivity contribution < 1.29 is 23.8 Å². The Bertz CT molecular complexity index is 890. The van der Waals surface area contributed by atoms with Crippen LogP contribution in [0.1, 0.15) is 43.6 Å². The highest BCUT2D eigenvalue weighted by molar-refractivity contribution is 5.66. The van der Waals surface area contributed by atoms with Crippen LogP contribution in [0, 0.1) is 11.7 Å². The number of carboxylic acid groups (broad SMARTS) is 1. The Morgan fingerprint density at radius 1 is 1.06 bits per heavy atom. The van der Waals surface area contributed by atoms with E-state index in [-0.39, 0.29) is 12.2 Å². The molecule has 1 aliphatic carbocycles. The van der Waals surface area contributed by atoms with Crippen LogP contribution in [0.15, 0.2) is 78.4 Å². The molecule has 0 aromatic heterocycles. The van der Waals surface area contributed by atoms with Crippen LogP contribution < -0.4 is 4.74 Å². The van der Waals surface area contributed by atoms with Crippen molar-refractivity contribution in [2.75, 3.05) is 19.8 Å². The summed E-state index contributed by atoms with van der Waals surface area (Å²) in [6.07, 6.45) is 10.0. The molecule has 0 aliphatic heterocycles. The smallest absolute Gasteiger partial charge is 0.303 e. The van der Waals surface area contributed by atoms with Crippen molar-refractivity contribution >= 4 is 5.97 Å². The van der Waals surface area contributed by atoms with Gasteiger partial charge < -0.3 is 14.6 Å². The summed E-state index contributed by atoms with van der Waals surface area (Å²) in [4.78, 5) is 10.6. The number of allylic oxidation sites excluding steroid dienone is 3. The van der Waals surface area contributed by atoms with Gasteiger partial charge in [-0.15, -0.1) is 0 Å². The molecule has 0 amide bonds. The van der Waals surface area contributed by atoms with Gasteiger partial charge in [0, 0.05) is 12.3 Å². The SMILES string of the molecule is O=C(O)CCC/C=C\CC1=CCC(c2ccccc2)[C@H]1COCCOc1ccc(F)cc1. The Hall–Kier alpha value is -2.92. The fraction of sp³-hybridized carbons (Fsp3) is 0.370. The maximum atomic E-state index is 13.0. The van der Waals surface area contributed by atoms with E-state index in [1.54, 1.807) is 12.1 Å². The van der Waals surface area contributed by atoms with Gasteiger partial charge in [0.25, 0.3) is 0 Å². The van der Waals surface area contributed by atoms with Crippen molar-refractivity contribution in [3.8, 4) is 5.75 Å². The summed E-state index contributed by atoms with van der Waals surface area (Å²) in [6.45, 7) is 1.50. The molecular weight excluding hydrogens is 407 g/mol. The zero-order valence-corrected chi connectivity index (χ0v) is 18.3. The lowest BCUT2D eigenvalue weighted by Crippen LogP contribution is -2.19. The summed E-state index contributed by atoms with van der Waals surface area (Å²) in [5, 5.41) is 8.74. The van der Waals surface area contributed by atoms with Crippen LogP contribution in [0.2, 0.25) is 0 Å². The van der Waals surface area contributed by atoms with Gasteiger partial charge in [0.1, 0.15) is 18.2 Å². The van der Waals surface area contributed by atoms with Gasteiger partial charge in [-0.2, -0.15) is 0 Å². The maximum Gasteiger partial charge on any atom is 0.303 e. The lowest BCUT2D eigenvalue weighted by atomic mass is 9.85. The molecular formula is C27H31FO4. The Morgan fingerprint density at radius 3 is 2.59 bits per heavy atom. The zero-order chi connectivity index (χ0) is 22.6. The van der Waals surface area contributed by atoms with Crippen molar-refractivity contribution in [1.29, 1.82) is 0 Å². The summed E-state index contributed by atoms with van der Waals surface area (Å²) in [7, 11) is 0. The van der Waals surface area contributed by atoms with E-state index in [1.165, 1.54) is 23.3 Å². The predicted molar refractivity (Wildman–Crippen MR) is 123 cm³/mol. The van der Waals surface area contributed by atoms with Crippen molar-refractivity contribution in [2.24, 2.45) is 5.92 Å². The Labute approximate surface area is 189 Å². The molecule has 1 aliphatic rings. The number of carboxylic acids is 1. The van der Waals surface area contributed by atoms with Gasteiger partial charge in [0.05, 0.1) is 13.2 Å². The monoisotopic (exact) mass is 438 g/mol. The average Bonchev–Trinajstić information content (AvgIpc) is 3.20. The molecule has 0 bridgehead atoms. The molecule has 5 heteroatoms. The number of carbonyl (C=O) groups is 1. The number of unbranched alkanes of at least 4 members (excludes halogenated alkanes) is 1. The molecule has 0 saturated heterocycles. The first-order chi connectivity index (χ1) is 15.6. The molecule has 0 fully saturated rings. The summed E-state index contributed by atoms with van der Waals surface area (Å²) in [6, 6.07) is 16.5. The number of aliphatic carboxylic acids is 1. The van der Waals surface area contributed by atoms with Crippen molar-refractivity contribution in [2.45, 2.75) is 38.0 Å². The summed E-state index contributed by atoms with van der Waals surface area (Å²) in [5.41, 5.74) is 2.69. The second kappa shape index (κ2) is 12.8. The molecule has 1 N–H and O–H groups in total. The highest BCUT2D eigenvalue weighted by Crippen LogP contribution is 2.41. The highest BCUT2D eigenvalue weighted by atomic mass is 19.1. The number of benzene rings is 2. The molecule has 2 atom stereocenters. The summed E-state index contributed by atoms with van der Waals surface area (Å²) >= 11 is 0. The Balaban J connectivity index is 1.49. The second-order valence-corrected chi connectivity index (χ2v) is 7.98. The highest BCUT2D eigenvalue weighted by Gasteiger charge is 2.30. The van der Waals surface area contributed by atoms with Gasteiger partial charge in [0.2, 0.25) is 0 Å². The van der Waals surface area contributed by atoms with E-state index in [2.05, 4.69) is 42.5 Å². The third-order valence-electron chi connectivity index (χ3n) is 5.71. The van der Waals surface area contributed by atoms with E-state index >= 15 is 0 Å². The minimum Gasteiger partial charge on any atom is -0.491 e. The van der Waals surface area contributed by atoms with Gasteiger partial charge in [-0.3, -0.25) is 4.79 Å². The first kappa shape index (κ1) is 23.7. The van der Waals surface area contributed by atoms with Gasteiger partial charge in [-0.25, -0.2) is 4.39 Å². The molecule has 0 spiro atoms. The molecule has 170 valence electrons. The van der Waals surface area contributed by atoms with Gasteiger partial charge in [0.15, 0.2) is 0 Å². The molecule has 0 heterocycles.